The van der Waals surface area contributed by atoms with Crippen LogP contribution in [0.25, 0.3) is 11.3 Å². The fraction of sp³-hybridized carbons (Fsp3) is 0.229. The first-order valence-corrected chi connectivity index (χ1v) is 14.7. The summed E-state index contributed by atoms with van der Waals surface area (Å²) in [4.78, 5) is 35.9. The number of nitrogens with one attached hydrogen (secondary N) is 3. The van der Waals surface area contributed by atoms with Gasteiger partial charge in [-0.3, -0.25) is 19.5 Å². The number of pyridine rings is 1. The SMILES string of the molecule is C[C@@H](NC(=O)c1ccc2c(c1)C(=C(Nc1ccc(CN3CCN(C)CC3)cc1)c1cccnc1)C(=O)N2)c1ccccc1. The van der Waals surface area contributed by atoms with Crippen molar-refractivity contribution in [2.75, 3.05) is 43.9 Å². The Kier molecular flexibility index (Phi) is 8.31. The third-order valence-electron chi connectivity index (χ3n) is 8.10. The van der Waals surface area contributed by atoms with Crippen LogP contribution in [0.2, 0.25) is 0 Å². The molecule has 3 aromatic carbocycles. The Morgan fingerprint density at radius 3 is 2.42 bits per heavy atom. The van der Waals surface area contributed by atoms with Gasteiger partial charge in [0.15, 0.2) is 0 Å². The average molecular weight is 573 g/mol. The molecule has 4 aromatic rings. The van der Waals surface area contributed by atoms with Crippen molar-refractivity contribution in [2.24, 2.45) is 0 Å². The van der Waals surface area contributed by atoms with Crippen LogP contribution < -0.4 is 16.0 Å². The Morgan fingerprint density at radius 2 is 1.70 bits per heavy atom. The number of carbonyl (C=O) groups is 2. The van der Waals surface area contributed by atoms with Crippen molar-refractivity contribution in [2.45, 2.75) is 19.5 Å². The van der Waals surface area contributed by atoms with Gasteiger partial charge in [0.25, 0.3) is 11.8 Å². The summed E-state index contributed by atoms with van der Waals surface area (Å²) in [5.41, 5.74) is 6.81. The van der Waals surface area contributed by atoms with Crippen LogP contribution in [0.1, 0.15) is 45.6 Å². The molecular weight excluding hydrogens is 536 g/mol. The standard InChI is InChI=1S/C35H36N6O2/c1-24(26-7-4-3-5-8-26)37-34(42)27-12-15-31-30(21-27)32(35(43)39-31)33(28-9-6-16-36-22-28)38-29-13-10-25(11-14-29)23-41-19-17-40(2)18-20-41/h3-16,21-22,24,38H,17-20,23H2,1-2H3,(H,37,42)(H,39,43)/t24-/m1/s1. The van der Waals surface area contributed by atoms with E-state index in [0.29, 0.717) is 28.1 Å². The molecule has 43 heavy (non-hydrogen) atoms. The van der Waals surface area contributed by atoms with E-state index >= 15 is 0 Å². The molecule has 1 aromatic heterocycles. The van der Waals surface area contributed by atoms with Crippen LogP contribution in [-0.2, 0) is 11.3 Å². The molecule has 0 saturated carbocycles. The Morgan fingerprint density at radius 1 is 0.930 bits per heavy atom. The smallest absolute Gasteiger partial charge is 0.258 e. The first kappa shape index (κ1) is 28.3. The van der Waals surface area contributed by atoms with E-state index in [4.69, 9.17) is 0 Å². The van der Waals surface area contributed by atoms with Gasteiger partial charge in [0.05, 0.1) is 17.3 Å². The highest BCUT2D eigenvalue weighted by Crippen LogP contribution is 2.38. The quantitative estimate of drug-likeness (QED) is 0.250. The molecule has 1 fully saturated rings. The van der Waals surface area contributed by atoms with E-state index in [1.165, 1.54) is 5.56 Å². The molecule has 0 unspecified atom stereocenters. The van der Waals surface area contributed by atoms with E-state index in [1.54, 1.807) is 30.6 Å². The third kappa shape index (κ3) is 6.51. The summed E-state index contributed by atoms with van der Waals surface area (Å²) in [5.74, 6) is -0.437. The van der Waals surface area contributed by atoms with Crippen molar-refractivity contribution in [3.05, 3.63) is 125 Å². The van der Waals surface area contributed by atoms with Gasteiger partial charge in [-0.15, -0.1) is 0 Å². The zero-order valence-electron chi connectivity index (χ0n) is 24.5. The molecule has 8 heteroatoms. The van der Waals surface area contributed by atoms with Gasteiger partial charge in [-0.25, -0.2) is 0 Å². The van der Waals surface area contributed by atoms with Gasteiger partial charge >= 0.3 is 0 Å². The number of likely N-dealkylation sites (N-methyl/N-ethyl adjacent to an activating group) is 1. The molecular formula is C35H36N6O2. The van der Waals surface area contributed by atoms with Crippen LogP contribution in [0, 0.1) is 0 Å². The minimum absolute atomic E-state index is 0.163. The molecule has 3 heterocycles. The topological polar surface area (TPSA) is 89.6 Å². The number of benzene rings is 3. The predicted octanol–water partition coefficient (Wildman–Crippen LogP) is 5.25. The van der Waals surface area contributed by atoms with Gasteiger partial charge in [0.2, 0.25) is 0 Å². The number of hydrogen-bond donors (Lipinski definition) is 3. The lowest BCUT2D eigenvalue weighted by Gasteiger charge is -2.32. The van der Waals surface area contributed by atoms with Gasteiger partial charge in [-0.2, -0.15) is 0 Å². The molecule has 0 aliphatic carbocycles. The number of piperazine rings is 1. The maximum absolute atomic E-state index is 13.4. The van der Waals surface area contributed by atoms with Crippen molar-refractivity contribution >= 4 is 34.5 Å². The summed E-state index contributed by atoms with van der Waals surface area (Å²) in [6.45, 7) is 7.16. The van der Waals surface area contributed by atoms with E-state index < -0.39 is 0 Å². The first-order chi connectivity index (χ1) is 20.9. The zero-order valence-corrected chi connectivity index (χ0v) is 24.5. The van der Waals surface area contributed by atoms with Crippen molar-refractivity contribution in [1.82, 2.24) is 20.1 Å². The van der Waals surface area contributed by atoms with Gasteiger partial charge in [-0.05, 0) is 67.6 Å². The number of rotatable bonds is 8. The largest absolute Gasteiger partial charge is 0.354 e. The fourth-order valence-corrected chi connectivity index (χ4v) is 5.55. The van der Waals surface area contributed by atoms with E-state index in [0.717, 1.165) is 49.5 Å². The lowest BCUT2D eigenvalue weighted by Crippen LogP contribution is -2.43. The Hall–Kier alpha value is -4.79. The number of carbonyl (C=O) groups excluding carboxylic acids is 2. The third-order valence-corrected chi connectivity index (χ3v) is 8.10. The Labute approximate surface area is 252 Å². The number of anilines is 2. The highest BCUT2D eigenvalue weighted by molar-refractivity contribution is 6.37. The number of fused-ring (bicyclic) bond motifs is 1. The maximum Gasteiger partial charge on any atom is 0.258 e. The molecule has 2 aliphatic heterocycles. The van der Waals surface area contributed by atoms with Crippen LogP contribution in [0.4, 0.5) is 11.4 Å². The molecule has 1 saturated heterocycles. The summed E-state index contributed by atoms with van der Waals surface area (Å²) in [6, 6.07) is 27.1. The van der Waals surface area contributed by atoms with Crippen molar-refractivity contribution in [1.29, 1.82) is 0 Å². The van der Waals surface area contributed by atoms with Gasteiger partial charge in [0, 0.05) is 73.2 Å². The second-order valence-electron chi connectivity index (χ2n) is 11.2. The molecule has 8 nitrogen and oxygen atoms in total. The van der Waals surface area contributed by atoms with Crippen molar-refractivity contribution in [3.8, 4) is 0 Å². The predicted molar refractivity (Wildman–Crippen MR) is 171 cm³/mol. The molecule has 218 valence electrons. The molecule has 0 radical (unpaired) electrons. The number of aromatic nitrogens is 1. The average Bonchev–Trinajstić information content (AvgIpc) is 3.37. The number of hydrogen-bond acceptors (Lipinski definition) is 6. The van der Waals surface area contributed by atoms with E-state index in [9.17, 15) is 9.59 Å². The van der Waals surface area contributed by atoms with Gasteiger partial charge in [-0.1, -0.05) is 42.5 Å². The van der Waals surface area contributed by atoms with Gasteiger partial charge in [0.1, 0.15) is 0 Å². The Bertz CT molecular complexity index is 1630. The summed E-state index contributed by atoms with van der Waals surface area (Å²) in [5, 5.41) is 9.56. The number of nitrogens with zero attached hydrogens (tertiary/aromatic N) is 3. The summed E-state index contributed by atoms with van der Waals surface area (Å²) in [7, 11) is 2.16. The van der Waals surface area contributed by atoms with Crippen LogP contribution in [0.15, 0.2) is 97.3 Å². The highest BCUT2D eigenvalue weighted by atomic mass is 16.2. The van der Waals surface area contributed by atoms with Crippen LogP contribution in [0.5, 0.6) is 0 Å². The fourth-order valence-electron chi connectivity index (χ4n) is 5.55. The minimum atomic E-state index is -0.233. The van der Waals surface area contributed by atoms with E-state index in [1.807, 2.05) is 61.5 Å². The van der Waals surface area contributed by atoms with Crippen LogP contribution >= 0.6 is 0 Å². The van der Waals surface area contributed by atoms with Gasteiger partial charge < -0.3 is 20.9 Å². The van der Waals surface area contributed by atoms with E-state index in [2.05, 4.69) is 49.9 Å². The molecule has 2 aliphatic rings. The first-order valence-electron chi connectivity index (χ1n) is 14.7. The molecule has 3 N–H and O–H groups in total. The Balaban J connectivity index is 1.28. The van der Waals surface area contributed by atoms with Crippen LogP contribution in [0.3, 0.4) is 0 Å². The normalized spacial score (nSPS) is 17.1. The van der Waals surface area contributed by atoms with Crippen molar-refractivity contribution in [3.63, 3.8) is 0 Å². The summed E-state index contributed by atoms with van der Waals surface area (Å²) >= 11 is 0. The monoisotopic (exact) mass is 572 g/mol. The summed E-state index contributed by atoms with van der Waals surface area (Å²) < 4.78 is 0. The molecule has 2 amide bonds. The minimum Gasteiger partial charge on any atom is -0.354 e. The summed E-state index contributed by atoms with van der Waals surface area (Å²) in [6.07, 6.45) is 3.44. The number of amides is 2. The van der Waals surface area contributed by atoms with Crippen LogP contribution in [-0.4, -0.2) is 59.8 Å². The second-order valence-corrected chi connectivity index (χ2v) is 11.2. The maximum atomic E-state index is 13.4. The molecule has 0 spiro atoms. The molecule has 1 atom stereocenters. The highest BCUT2D eigenvalue weighted by Gasteiger charge is 2.30. The zero-order chi connectivity index (χ0) is 29.8. The van der Waals surface area contributed by atoms with E-state index in [-0.39, 0.29) is 17.9 Å². The lowest BCUT2D eigenvalue weighted by atomic mass is 9.98. The lowest BCUT2D eigenvalue weighted by molar-refractivity contribution is -0.110. The second kappa shape index (κ2) is 12.6. The molecule has 0 bridgehead atoms. The van der Waals surface area contributed by atoms with Crippen molar-refractivity contribution < 1.29 is 9.59 Å². The molecule has 6 rings (SSSR count).